The van der Waals surface area contributed by atoms with Crippen LogP contribution in [0, 0.1) is 11.8 Å². The maximum atomic E-state index is 13.4. The van der Waals surface area contributed by atoms with Crippen LogP contribution in [0.5, 0.6) is 28.7 Å². The number of hydrogen-bond acceptors (Lipinski definition) is 9. The SMILES string of the molecule is COc1ccc2c(c1OC)C(=O)O[C@@H]2[C@H]1c2c(cc3c(c2OC)OCO3)CCN1C(C#CCO)c1ccccc1. The van der Waals surface area contributed by atoms with Crippen molar-refractivity contribution in [1.29, 1.82) is 0 Å². The summed E-state index contributed by atoms with van der Waals surface area (Å²) in [6.07, 6.45) is -0.0552. The molecule has 3 aromatic rings. The molecule has 3 aliphatic rings. The van der Waals surface area contributed by atoms with Crippen LogP contribution in [-0.2, 0) is 11.2 Å². The lowest BCUT2D eigenvalue weighted by Crippen LogP contribution is -2.41. The molecule has 0 amide bonds. The van der Waals surface area contributed by atoms with Crippen LogP contribution in [0.15, 0.2) is 48.5 Å². The van der Waals surface area contributed by atoms with Crippen molar-refractivity contribution in [3.8, 4) is 40.6 Å². The lowest BCUT2D eigenvalue weighted by Gasteiger charge is -2.43. The Bertz CT molecular complexity index is 1510. The second-order valence-corrected chi connectivity index (χ2v) is 9.53. The number of methoxy groups -OCH3 is 3. The van der Waals surface area contributed by atoms with Crippen molar-refractivity contribution in [1.82, 2.24) is 4.90 Å². The van der Waals surface area contributed by atoms with Gasteiger partial charge in [0.2, 0.25) is 12.5 Å². The minimum absolute atomic E-state index is 0.0931. The molecule has 1 unspecified atom stereocenters. The van der Waals surface area contributed by atoms with Gasteiger partial charge < -0.3 is 33.5 Å². The van der Waals surface area contributed by atoms with E-state index in [0.717, 1.165) is 16.7 Å². The van der Waals surface area contributed by atoms with E-state index in [1.165, 1.54) is 14.2 Å². The Balaban J connectivity index is 1.59. The molecule has 0 aliphatic carbocycles. The lowest BCUT2D eigenvalue weighted by molar-refractivity contribution is -0.00370. The normalized spacial score (nSPS) is 19.6. The highest BCUT2D eigenvalue weighted by molar-refractivity contribution is 5.98. The number of esters is 1. The summed E-state index contributed by atoms with van der Waals surface area (Å²) in [5.74, 6) is 8.04. The first-order valence-corrected chi connectivity index (χ1v) is 13.0. The summed E-state index contributed by atoms with van der Waals surface area (Å²) in [6, 6.07) is 14.5. The van der Waals surface area contributed by atoms with Gasteiger partial charge in [-0.3, -0.25) is 4.90 Å². The molecule has 9 heteroatoms. The highest BCUT2D eigenvalue weighted by Gasteiger charge is 2.48. The third-order valence-electron chi connectivity index (χ3n) is 7.61. The van der Waals surface area contributed by atoms with E-state index in [4.69, 9.17) is 28.4 Å². The molecule has 0 fully saturated rings. The van der Waals surface area contributed by atoms with Crippen LogP contribution < -0.4 is 23.7 Å². The van der Waals surface area contributed by atoms with Gasteiger partial charge in [-0.2, -0.15) is 0 Å². The number of cyclic esters (lactones) is 1. The van der Waals surface area contributed by atoms with Gasteiger partial charge >= 0.3 is 5.97 Å². The van der Waals surface area contributed by atoms with Crippen LogP contribution in [-0.4, -0.2) is 57.2 Å². The van der Waals surface area contributed by atoms with E-state index < -0.39 is 24.2 Å². The summed E-state index contributed by atoms with van der Waals surface area (Å²) in [5.41, 5.74) is 3.80. The van der Waals surface area contributed by atoms with Gasteiger partial charge in [0.05, 0.1) is 33.4 Å². The third kappa shape index (κ3) is 4.08. The van der Waals surface area contributed by atoms with Crippen molar-refractivity contribution >= 4 is 5.97 Å². The molecule has 0 spiro atoms. The zero-order valence-corrected chi connectivity index (χ0v) is 22.4. The van der Waals surface area contributed by atoms with Crippen molar-refractivity contribution in [3.63, 3.8) is 0 Å². The average Bonchev–Trinajstić information content (AvgIpc) is 3.60. The van der Waals surface area contributed by atoms with Crippen LogP contribution in [0.25, 0.3) is 0 Å². The molecule has 0 saturated carbocycles. The van der Waals surface area contributed by atoms with E-state index in [1.807, 2.05) is 42.5 Å². The monoisotopic (exact) mass is 543 g/mol. The molecular weight excluding hydrogens is 514 g/mol. The summed E-state index contributed by atoms with van der Waals surface area (Å²) in [4.78, 5) is 15.6. The molecule has 3 heterocycles. The molecule has 206 valence electrons. The Morgan fingerprint density at radius 1 is 1.05 bits per heavy atom. The van der Waals surface area contributed by atoms with Gasteiger partial charge in [0.25, 0.3) is 0 Å². The number of ether oxygens (including phenoxy) is 6. The number of hydrogen-bond donors (Lipinski definition) is 1. The maximum absolute atomic E-state index is 13.4. The third-order valence-corrected chi connectivity index (χ3v) is 7.61. The smallest absolute Gasteiger partial charge is 0.343 e. The predicted octanol–water partition coefficient (Wildman–Crippen LogP) is 3.99. The van der Waals surface area contributed by atoms with Crippen molar-refractivity contribution in [3.05, 3.63) is 76.3 Å². The Morgan fingerprint density at radius 2 is 1.85 bits per heavy atom. The number of benzene rings is 3. The molecule has 3 aromatic carbocycles. The van der Waals surface area contributed by atoms with Crippen LogP contribution in [0.2, 0.25) is 0 Å². The molecule has 0 saturated heterocycles. The summed E-state index contributed by atoms with van der Waals surface area (Å²) >= 11 is 0. The number of carbonyl (C=O) groups is 1. The first kappa shape index (κ1) is 25.9. The van der Waals surface area contributed by atoms with E-state index in [9.17, 15) is 9.90 Å². The van der Waals surface area contributed by atoms with Crippen molar-refractivity contribution < 1.29 is 38.3 Å². The molecule has 1 N–H and O–H groups in total. The van der Waals surface area contributed by atoms with Gasteiger partial charge in [0, 0.05) is 17.7 Å². The number of fused-ring (bicyclic) bond motifs is 3. The van der Waals surface area contributed by atoms with Gasteiger partial charge in [0.1, 0.15) is 18.3 Å². The van der Waals surface area contributed by atoms with Crippen molar-refractivity contribution in [2.45, 2.75) is 24.6 Å². The standard InChI is InChI=1S/C31H29NO8/c1-35-22-12-11-20-25(28(22)36-2)31(34)40-27(20)26-24-19(16-23-29(30(24)37-3)39-17-38-23)13-14-32(26)21(10-7-15-33)18-8-5-4-6-9-18/h4-6,8-9,11-12,16,21,26-27,33H,13-15,17H2,1-3H3/t21?,26-,27+/m1/s1. The largest absolute Gasteiger partial charge is 0.493 e. The number of rotatable bonds is 6. The Hall–Kier alpha value is -4.39. The van der Waals surface area contributed by atoms with Crippen LogP contribution in [0.1, 0.15) is 50.8 Å². The van der Waals surface area contributed by atoms with Gasteiger partial charge in [-0.25, -0.2) is 4.79 Å². The number of carbonyl (C=O) groups excluding carboxylic acids is 1. The molecular formula is C31H29NO8. The first-order chi connectivity index (χ1) is 19.6. The average molecular weight is 544 g/mol. The summed E-state index contributed by atoms with van der Waals surface area (Å²) in [7, 11) is 4.62. The molecule has 3 atom stereocenters. The van der Waals surface area contributed by atoms with Crippen molar-refractivity contribution in [2.75, 3.05) is 41.3 Å². The second-order valence-electron chi connectivity index (χ2n) is 9.53. The predicted molar refractivity (Wildman–Crippen MR) is 144 cm³/mol. The highest BCUT2D eigenvalue weighted by Crippen LogP contribution is 2.56. The highest BCUT2D eigenvalue weighted by atomic mass is 16.7. The minimum atomic E-state index is -0.724. The summed E-state index contributed by atoms with van der Waals surface area (Å²) in [6.45, 7) is 0.408. The molecule has 40 heavy (non-hydrogen) atoms. The molecule has 3 aliphatic heterocycles. The van der Waals surface area contributed by atoms with Gasteiger partial charge in [-0.15, -0.1) is 0 Å². The quantitative estimate of drug-likeness (QED) is 0.366. The van der Waals surface area contributed by atoms with E-state index in [2.05, 4.69) is 16.7 Å². The van der Waals surface area contributed by atoms with E-state index >= 15 is 0 Å². The maximum Gasteiger partial charge on any atom is 0.343 e. The zero-order valence-electron chi connectivity index (χ0n) is 22.4. The minimum Gasteiger partial charge on any atom is -0.493 e. The fourth-order valence-corrected chi connectivity index (χ4v) is 5.98. The van der Waals surface area contributed by atoms with Crippen LogP contribution in [0.4, 0.5) is 0 Å². The molecule has 0 radical (unpaired) electrons. The summed E-state index contributed by atoms with van der Waals surface area (Å²) < 4.78 is 34.7. The first-order valence-electron chi connectivity index (χ1n) is 13.0. The molecule has 0 bridgehead atoms. The second kappa shape index (κ2) is 10.6. The fraction of sp³-hybridized carbons (Fsp3) is 0.323. The Morgan fingerprint density at radius 3 is 2.58 bits per heavy atom. The van der Waals surface area contributed by atoms with Gasteiger partial charge in [-0.05, 0) is 29.7 Å². The molecule has 6 rings (SSSR count). The fourth-order valence-electron chi connectivity index (χ4n) is 5.98. The Labute approximate surface area is 232 Å². The molecule has 9 nitrogen and oxygen atoms in total. The van der Waals surface area contributed by atoms with Crippen LogP contribution in [0.3, 0.4) is 0 Å². The van der Waals surface area contributed by atoms with E-state index in [-0.39, 0.29) is 13.4 Å². The lowest BCUT2D eigenvalue weighted by atomic mass is 9.83. The van der Waals surface area contributed by atoms with Crippen molar-refractivity contribution in [2.24, 2.45) is 0 Å². The number of aliphatic hydroxyl groups is 1. The van der Waals surface area contributed by atoms with Crippen LogP contribution >= 0.6 is 0 Å². The van der Waals surface area contributed by atoms with Gasteiger partial charge in [0.15, 0.2) is 23.0 Å². The Kier molecular flexibility index (Phi) is 6.88. The van der Waals surface area contributed by atoms with E-state index in [1.54, 1.807) is 13.2 Å². The van der Waals surface area contributed by atoms with E-state index in [0.29, 0.717) is 52.8 Å². The topological polar surface area (TPSA) is 95.9 Å². The molecule has 0 aromatic heterocycles. The number of aliphatic hydroxyl groups excluding tert-OH is 1. The summed E-state index contributed by atoms with van der Waals surface area (Å²) in [5, 5.41) is 9.62. The zero-order chi connectivity index (χ0) is 27.8. The van der Waals surface area contributed by atoms with Gasteiger partial charge in [-0.1, -0.05) is 48.2 Å². The number of nitrogens with zero attached hydrogens (tertiary/aromatic N) is 1.